The normalized spacial score (nSPS) is 21.2. The van der Waals surface area contributed by atoms with E-state index in [2.05, 4.69) is 15.3 Å². The number of thiophene rings is 1. The van der Waals surface area contributed by atoms with E-state index in [9.17, 15) is 4.79 Å². The maximum Gasteiger partial charge on any atom is 0.316 e. The lowest BCUT2D eigenvalue weighted by Gasteiger charge is -2.28. The topological polar surface area (TPSA) is 64.1 Å². The van der Waals surface area contributed by atoms with Gasteiger partial charge in [-0.25, -0.2) is 9.97 Å². The quantitative estimate of drug-likeness (QED) is 0.856. The van der Waals surface area contributed by atoms with E-state index >= 15 is 0 Å². The van der Waals surface area contributed by atoms with Crippen LogP contribution in [0.5, 0.6) is 6.01 Å². The standard InChI is InChI=1S/C17H19N3O2S/c21-16(9-8-15-3-1-12-23-15)20-13-4-6-14(7-5-13)22-17-18-10-2-11-19-17/h1-3,8-14H,4-7H2,(H,20,21)/b9-8+. The summed E-state index contributed by atoms with van der Waals surface area (Å²) in [5.74, 6) is -0.0332. The van der Waals surface area contributed by atoms with Crippen molar-refractivity contribution in [2.24, 2.45) is 0 Å². The molecule has 0 unspecified atom stereocenters. The largest absolute Gasteiger partial charge is 0.460 e. The molecule has 0 radical (unpaired) electrons. The van der Waals surface area contributed by atoms with Crippen LogP contribution in [0.4, 0.5) is 0 Å². The van der Waals surface area contributed by atoms with Gasteiger partial charge in [-0.15, -0.1) is 11.3 Å². The van der Waals surface area contributed by atoms with Crippen LogP contribution in [0.2, 0.25) is 0 Å². The second-order valence-electron chi connectivity index (χ2n) is 5.48. The van der Waals surface area contributed by atoms with Crippen LogP contribution in [0, 0.1) is 0 Å². The highest BCUT2D eigenvalue weighted by Crippen LogP contribution is 2.22. The highest BCUT2D eigenvalue weighted by Gasteiger charge is 2.23. The van der Waals surface area contributed by atoms with Gasteiger partial charge < -0.3 is 10.1 Å². The molecule has 1 saturated carbocycles. The van der Waals surface area contributed by atoms with Crippen LogP contribution in [0.25, 0.3) is 6.08 Å². The fraction of sp³-hybridized carbons (Fsp3) is 0.353. The van der Waals surface area contributed by atoms with Crippen molar-refractivity contribution in [3.05, 3.63) is 46.9 Å². The number of carbonyl (C=O) groups excluding carboxylic acids is 1. The van der Waals surface area contributed by atoms with Crippen molar-refractivity contribution >= 4 is 23.3 Å². The van der Waals surface area contributed by atoms with Gasteiger partial charge >= 0.3 is 6.01 Å². The Morgan fingerprint density at radius 3 is 2.70 bits per heavy atom. The minimum atomic E-state index is -0.0332. The molecule has 0 spiro atoms. The van der Waals surface area contributed by atoms with E-state index in [0.717, 1.165) is 30.6 Å². The SMILES string of the molecule is O=C(/C=C/c1cccs1)NC1CCC(Oc2ncccn2)CC1. The Labute approximate surface area is 139 Å². The maximum absolute atomic E-state index is 11.9. The van der Waals surface area contributed by atoms with Crippen LogP contribution < -0.4 is 10.1 Å². The number of amides is 1. The van der Waals surface area contributed by atoms with Crippen molar-refractivity contribution in [3.63, 3.8) is 0 Å². The number of hydrogen-bond donors (Lipinski definition) is 1. The highest BCUT2D eigenvalue weighted by molar-refractivity contribution is 7.10. The van der Waals surface area contributed by atoms with Gasteiger partial charge in [-0.1, -0.05) is 6.07 Å². The molecule has 1 amide bonds. The Hall–Kier alpha value is -2.21. The zero-order valence-corrected chi connectivity index (χ0v) is 13.5. The number of rotatable bonds is 5. The van der Waals surface area contributed by atoms with Crippen molar-refractivity contribution in [2.75, 3.05) is 0 Å². The Kier molecular flexibility index (Phi) is 5.37. The molecule has 0 atom stereocenters. The third kappa shape index (κ3) is 4.89. The predicted octanol–water partition coefficient (Wildman–Crippen LogP) is 3.06. The van der Waals surface area contributed by atoms with Crippen molar-refractivity contribution in [2.45, 2.75) is 37.8 Å². The first-order valence-corrected chi connectivity index (χ1v) is 8.63. The van der Waals surface area contributed by atoms with Crippen molar-refractivity contribution in [3.8, 4) is 6.01 Å². The number of carbonyl (C=O) groups is 1. The van der Waals surface area contributed by atoms with Gasteiger partial charge in [0.05, 0.1) is 0 Å². The summed E-state index contributed by atoms with van der Waals surface area (Å²) < 4.78 is 5.76. The predicted molar refractivity (Wildman–Crippen MR) is 90.2 cm³/mol. The van der Waals surface area contributed by atoms with Crippen LogP contribution in [-0.2, 0) is 4.79 Å². The molecule has 2 heterocycles. The monoisotopic (exact) mass is 329 g/mol. The van der Waals surface area contributed by atoms with Gasteiger partial charge in [-0.3, -0.25) is 4.79 Å². The van der Waals surface area contributed by atoms with Gasteiger partial charge in [-0.2, -0.15) is 0 Å². The van der Waals surface area contributed by atoms with Gasteiger partial charge in [0.25, 0.3) is 0 Å². The molecule has 0 aliphatic heterocycles. The summed E-state index contributed by atoms with van der Waals surface area (Å²) in [7, 11) is 0. The van der Waals surface area contributed by atoms with Gasteiger partial charge in [-0.05, 0) is 49.3 Å². The zero-order valence-electron chi connectivity index (χ0n) is 12.7. The van der Waals surface area contributed by atoms with Crippen LogP contribution in [0.15, 0.2) is 42.0 Å². The molecule has 0 bridgehead atoms. The van der Waals surface area contributed by atoms with E-state index in [-0.39, 0.29) is 18.1 Å². The Bertz CT molecular complexity index is 635. The number of hydrogen-bond acceptors (Lipinski definition) is 5. The van der Waals surface area contributed by atoms with Crippen molar-refractivity contribution in [1.82, 2.24) is 15.3 Å². The fourth-order valence-electron chi connectivity index (χ4n) is 2.61. The van der Waals surface area contributed by atoms with Crippen molar-refractivity contribution in [1.29, 1.82) is 0 Å². The molecule has 5 nitrogen and oxygen atoms in total. The van der Waals surface area contributed by atoms with Crippen LogP contribution in [-0.4, -0.2) is 28.0 Å². The van der Waals surface area contributed by atoms with E-state index in [0.29, 0.717) is 6.01 Å². The first-order valence-electron chi connectivity index (χ1n) is 7.75. The summed E-state index contributed by atoms with van der Waals surface area (Å²) in [5.41, 5.74) is 0. The van der Waals surface area contributed by atoms with Gasteiger partial charge in [0.2, 0.25) is 5.91 Å². The third-order valence-corrected chi connectivity index (χ3v) is 4.61. The van der Waals surface area contributed by atoms with Crippen molar-refractivity contribution < 1.29 is 9.53 Å². The summed E-state index contributed by atoms with van der Waals surface area (Å²) in [6.45, 7) is 0. The Morgan fingerprint density at radius 2 is 2.00 bits per heavy atom. The molecule has 1 aliphatic rings. The van der Waals surface area contributed by atoms with Crippen LogP contribution in [0.1, 0.15) is 30.6 Å². The molecular weight excluding hydrogens is 310 g/mol. The Balaban J connectivity index is 1.41. The minimum absolute atomic E-state index is 0.0332. The second-order valence-corrected chi connectivity index (χ2v) is 6.46. The molecule has 1 N–H and O–H groups in total. The van der Waals surface area contributed by atoms with Gasteiger partial charge in [0.15, 0.2) is 0 Å². The average molecular weight is 329 g/mol. The van der Waals surface area contributed by atoms with E-state index in [1.165, 1.54) is 0 Å². The summed E-state index contributed by atoms with van der Waals surface area (Å²) in [4.78, 5) is 21.2. The molecular formula is C17H19N3O2S. The lowest BCUT2D eigenvalue weighted by atomic mass is 9.93. The summed E-state index contributed by atoms with van der Waals surface area (Å²) in [6, 6.07) is 6.37. The second kappa shape index (κ2) is 7.87. The molecule has 120 valence electrons. The molecule has 0 saturated heterocycles. The molecule has 23 heavy (non-hydrogen) atoms. The van der Waals surface area contributed by atoms with E-state index in [4.69, 9.17) is 4.74 Å². The zero-order chi connectivity index (χ0) is 15.9. The first kappa shape index (κ1) is 15.7. The van der Waals surface area contributed by atoms with E-state index in [1.807, 2.05) is 23.6 Å². The van der Waals surface area contributed by atoms with E-state index < -0.39 is 0 Å². The molecule has 1 aliphatic carbocycles. The van der Waals surface area contributed by atoms with Gasteiger partial charge in [0, 0.05) is 29.4 Å². The molecule has 2 aromatic heterocycles. The molecule has 2 aromatic rings. The lowest BCUT2D eigenvalue weighted by molar-refractivity contribution is -0.117. The molecule has 0 aromatic carbocycles. The van der Waals surface area contributed by atoms with E-state index in [1.54, 1.807) is 35.9 Å². The summed E-state index contributed by atoms with van der Waals surface area (Å²) in [6.07, 6.45) is 10.6. The fourth-order valence-corrected chi connectivity index (χ4v) is 3.23. The summed E-state index contributed by atoms with van der Waals surface area (Å²) >= 11 is 1.62. The smallest absolute Gasteiger partial charge is 0.316 e. The molecule has 1 fully saturated rings. The minimum Gasteiger partial charge on any atom is -0.460 e. The van der Waals surface area contributed by atoms with Crippen LogP contribution in [0.3, 0.4) is 0 Å². The number of nitrogens with zero attached hydrogens (tertiary/aromatic N) is 2. The molecule has 3 rings (SSSR count). The third-order valence-electron chi connectivity index (χ3n) is 3.78. The first-order chi connectivity index (χ1) is 11.3. The number of ether oxygens (including phenoxy) is 1. The Morgan fingerprint density at radius 1 is 1.22 bits per heavy atom. The number of nitrogens with one attached hydrogen (secondary N) is 1. The lowest BCUT2D eigenvalue weighted by Crippen LogP contribution is -2.39. The van der Waals surface area contributed by atoms with Gasteiger partial charge in [0.1, 0.15) is 6.10 Å². The summed E-state index contributed by atoms with van der Waals surface area (Å²) in [5, 5.41) is 5.05. The highest BCUT2D eigenvalue weighted by atomic mass is 32.1. The average Bonchev–Trinajstić information content (AvgIpc) is 3.09. The maximum atomic E-state index is 11.9. The number of aromatic nitrogens is 2. The molecule has 6 heteroatoms. The van der Waals surface area contributed by atoms with Crippen LogP contribution >= 0.6 is 11.3 Å².